The number of rotatable bonds is 9. The van der Waals surface area contributed by atoms with Gasteiger partial charge in [-0.1, -0.05) is 0 Å². The second-order valence-corrected chi connectivity index (χ2v) is 10.0. The average molecular weight is 487 g/mol. The predicted molar refractivity (Wildman–Crippen MR) is 131 cm³/mol. The van der Waals surface area contributed by atoms with Gasteiger partial charge in [-0.2, -0.15) is 0 Å². The Morgan fingerprint density at radius 3 is 2.34 bits per heavy atom. The summed E-state index contributed by atoms with van der Waals surface area (Å²) in [4.78, 5) is 43.5. The molecular formula is C26H38N4O5. The summed E-state index contributed by atoms with van der Waals surface area (Å²) in [5, 5.41) is 3.17. The van der Waals surface area contributed by atoms with Gasteiger partial charge in [0.1, 0.15) is 11.8 Å². The number of likely N-dealkylation sites (tertiary alicyclic amines) is 1. The topological polar surface area (TPSA) is 114 Å². The van der Waals surface area contributed by atoms with E-state index in [2.05, 4.69) is 5.32 Å². The third-order valence-corrected chi connectivity index (χ3v) is 7.48. The average Bonchev–Trinajstić information content (AvgIpc) is 3.63. The van der Waals surface area contributed by atoms with Crippen LogP contribution in [-0.4, -0.2) is 85.6 Å². The zero-order chi connectivity index (χ0) is 24.9. The molecule has 1 aromatic carbocycles. The van der Waals surface area contributed by atoms with Gasteiger partial charge in [-0.15, -0.1) is 0 Å². The van der Waals surface area contributed by atoms with Gasteiger partial charge < -0.3 is 30.3 Å². The molecule has 1 aromatic rings. The maximum atomic E-state index is 13.5. The van der Waals surface area contributed by atoms with Crippen molar-refractivity contribution in [2.45, 2.75) is 69.1 Å². The maximum Gasteiger partial charge on any atom is 0.254 e. The molecule has 192 valence electrons. The van der Waals surface area contributed by atoms with Crippen LogP contribution in [0.15, 0.2) is 24.3 Å². The van der Waals surface area contributed by atoms with E-state index in [9.17, 15) is 14.4 Å². The van der Waals surface area contributed by atoms with E-state index in [-0.39, 0.29) is 41.8 Å². The summed E-state index contributed by atoms with van der Waals surface area (Å²) in [7, 11) is 3.18. The molecule has 1 aliphatic heterocycles. The zero-order valence-electron chi connectivity index (χ0n) is 20.8. The first-order valence-electron chi connectivity index (χ1n) is 12.7. The van der Waals surface area contributed by atoms with Gasteiger partial charge in [0, 0.05) is 43.8 Å². The van der Waals surface area contributed by atoms with E-state index in [1.165, 1.54) is 0 Å². The molecule has 1 heterocycles. The summed E-state index contributed by atoms with van der Waals surface area (Å²) >= 11 is 0. The molecule has 0 aromatic heterocycles. The Kier molecular flexibility index (Phi) is 8.28. The summed E-state index contributed by atoms with van der Waals surface area (Å²) in [6.07, 6.45) is 5.65. The molecule has 35 heavy (non-hydrogen) atoms. The second kappa shape index (κ2) is 11.4. The van der Waals surface area contributed by atoms with Crippen molar-refractivity contribution in [3.63, 3.8) is 0 Å². The van der Waals surface area contributed by atoms with Crippen LogP contribution in [0.5, 0.6) is 5.75 Å². The Labute approximate surface area is 207 Å². The molecule has 2 unspecified atom stereocenters. The van der Waals surface area contributed by atoms with Crippen molar-refractivity contribution >= 4 is 17.7 Å². The minimum absolute atomic E-state index is 0.00134. The quantitative estimate of drug-likeness (QED) is 0.547. The van der Waals surface area contributed by atoms with Gasteiger partial charge in [-0.25, -0.2) is 0 Å². The Hall–Kier alpha value is -2.65. The Morgan fingerprint density at radius 2 is 1.74 bits per heavy atom. The fourth-order valence-electron chi connectivity index (χ4n) is 5.20. The number of amides is 3. The zero-order valence-corrected chi connectivity index (χ0v) is 20.8. The molecule has 4 rings (SSSR count). The predicted octanol–water partition coefficient (Wildman–Crippen LogP) is 1.55. The van der Waals surface area contributed by atoms with E-state index in [0.717, 1.165) is 38.5 Å². The Balaban J connectivity index is 1.51. The molecule has 0 spiro atoms. The number of methoxy groups -OCH3 is 2. The molecule has 9 heteroatoms. The first-order valence-corrected chi connectivity index (χ1v) is 12.7. The maximum absolute atomic E-state index is 13.5. The molecule has 3 fully saturated rings. The number of nitrogens with one attached hydrogen (secondary N) is 1. The molecule has 3 aliphatic rings. The number of nitrogens with zero attached hydrogens (tertiary/aromatic N) is 2. The van der Waals surface area contributed by atoms with Gasteiger partial charge in [0.2, 0.25) is 11.8 Å². The van der Waals surface area contributed by atoms with Crippen molar-refractivity contribution in [2.24, 2.45) is 11.7 Å². The largest absolute Gasteiger partial charge is 0.497 e. The van der Waals surface area contributed by atoms with Crippen molar-refractivity contribution < 1.29 is 23.9 Å². The summed E-state index contributed by atoms with van der Waals surface area (Å²) in [5.74, 6) is 0.442. The first kappa shape index (κ1) is 25.4. The number of carbonyl (C=O) groups excluding carboxylic acids is 3. The molecule has 9 nitrogen and oxygen atoms in total. The summed E-state index contributed by atoms with van der Waals surface area (Å²) in [6, 6.07) is 6.43. The van der Waals surface area contributed by atoms with E-state index in [4.69, 9.17) is 15.2 Å². The van der Waals surface area contributed by atoms with Crippen molar-refractivity contribution in [1.82, 2.24) is 15.1 Å². The summed E-state index contributed by atoms with van der Waals surface area (Å²) in [6.45, 7) is 1.11. The highest BCUT2D eigenvalue weighted by molar-refractivity contribution is 5.95. The molecular weight excluding hydrogens is 448 g/mol. The van der Waals surface area contributed by atoms with Gasteiger partial charge in [-0.3, -0.25) is 14.4 Å². The fraction of sp³-hybridized carbons (Fsp3) is 0.654. The van der Waals surface area contributed by atoms with Gasteiger partial charge in [0.05, 0.1) is 19.8 Å². The number of carbonyl (C=O) groups is 3. The Morgan fingerprint density at radius 1 is 1.06 bits per heavy atom. The highest BCUT2D eigenvalue weighted by atomic mass is 16.5. The van der Waals surface area contributed by atoms with Crippen LogP contribution in [0.4, 0.5) is 0 Å². The highest BCUT2D eigenvalue weighted by Gasteiger charge is 2.46. The number of ether oxygens (including phenoxy) is 2. The van der Waals surface area contributed by atoms with E-state index in [0.29, 0.717) is 37.4 Å². The number of nitrogens with two attached hydrogens (primary N) is 1. The molecule has 2 saturated carbocycles. The van der Waals surface area contributed by atoms with Gasteiger partial charge in [0.15, 0.2) is 0 Å². The fourth-order valence-corrected chi connectivity index (χ4v) is 5.20. The van der Waals surface area contributed by atoms with Crippen LogP contribution in [0.3, 0.4) is 0 Å². The number of hydrogen-bond acceptors (Lipinski definition) is 6. The van der Waals surface area contributed by atoms with E-state index in [1.54, 1.807) is 48.3 Å². The third-order valence-electron chi connectivity index (χ3n) is 7.48. The highest BCUT2D eigenvalue weighted by Crippen LogP contribution is 2.35. The van der Waals surface area contributed by atoms with E-state index < -0.39 is 6.04 Å². The monoisotopic (exact) mass is 486 g/mol. The van der Waals surface area contributed by atoms with Gasteiger partial charge in [-0.05, 0) is 69.2 Å². The first-order chi connectivity index (χ1) is 16.9. The van der Waals surface area contributed by atoms with Gasteiger partial charge >= 0.3 is 0 Å². The lowest BCUT2D eigenvalue weighted by Crippen LogP contribution is -2.50. The SMILES string of the molecule is COCCN(C(=O)c1ccc(OC)cc1)C1CC(C(=O)NC2CCC(N)CC2)N(C(=O)C2CC2)C1. The molecule has 0 radical (unpaired) electrons. The van der Waals surface area contributed by atoms with Crippen molar-refractivity contribution in [2.75, 3.05) is 33.9 Å². The minimum atomic E-state index is -0.572. The second-order valence-electron chi connectivity index (χ2n) is 10.0. The van der Waals surface area contributed by atoms with Crippen molar-refractivity contribution in [3.8, 4) is 5.75 Å². The molecule has 3 amide bonds. The van der Waals surface area contributed by atoms with Crippen LogP contribution in [0, 0.1) is 5.92 Å². The van der Waals surface area contributed by atoms with Crippen LogP contribution < -0.4 is 15.8 Å². The van der Waals surface area contributed by atoms with Crippen LogP contribution in [-0.2, 0) is 14.3 Å². The van der Waals surface area contributed by atoms with E-state index >= 15 is 0 Å². The third kappa shape index (κ3) is 6.13. The van der Waals surface area contributed by atoms with Crippen LogP contribution in [0.2, 0.25) is 0 Å². The Bertz CT molecular complexity index is 896. The molecule has 2 aliphatic carbocycles. The van der Waals surface area contributed by atoms with Crippen molar-refractivity contribution in [3.05, 3.63) is 29.8 Å². The number of benzene rings is 1. The molecule has 1 saturated heterocycles. The summed E-state index contributed by atoms with van der Waals surface area (Å²) < 4.78 is 10.5. The molecule has 3 N–H and O–H groups in total. The standard InChI is InChI=1S/C26H38N4O5/c1-34-14-13-29(25(32)18-5-11-22(35-2)12-6-18)21-15-23(30(16-21)26(33)17-3-4-17)24(31)28-20-9-7-19(27)8-10-20/h5-6,11-12,17,19-21,23H,3-4,7-10,13-16,27H2,1-2H3,(H,28,31). The summed E-state index contributed by atoms with van der Waals surface area (Å²) in [5.41, 5.74) is 6.55. The minimum Gasteiger partial charge on any atom is -0.497 e. The van der Waals surface area contributed by atoms with E-state index in [1.807, 2.05) is 0 Å². The lowest BCUT2D eigenvalue weighted by atomic mass is 9.91. The molecule has 0 bridgehead atoms. The lowest BCUT2D eigenvalue weighted by Gasteiger charge is -2.30. The van der Waals surface area contributed by atoms with Crippen LogP contribution in [0.25, 0.3) is 0 Å². The smallest absolute Gasteiger partial charge is 0.254 e. The lowest BCUT2D eigenvalue weighted by molar-refractivity contribution is -0.139. The van der Waals surface area contributed by atoms with Crippen LogP contribution >= 0.6 is 0 Å². The molecule has 2 atom stereocenters. The normalized spacial score (nSPS) is 26.3. The number of hydrogen-bond donors (Lipinski definition) is 2. The van der Waals surface area contributed by atoms with Gasteiger partial charge in [0.25, 0.3) is 5.91 Å². The van der Waals surface area contributed by atoms with Crippen LogP contribution in [0.1, 0.15) is 55.3 Å². The van der Waals surface area contributed by atoms with Crippen molar-refractivity contribution in [1.29, 1.82) is 0 Å².